The quantitative estimate of drug-likeness (QED) is 0.364. The third kappa shape index (κ3) is 8.15. The number of aliphatic carboxylic acids is 1. The predicted octanol–water partition coefficient (Wildman–Crippen LogP) is -1.47. The lowest BCUT2D eigenvalue weighted by Crippen LogP contribution is -2.43. The second-order valence-electron chi connectivity index (χ2n) is 3.93. The van der Waals surface area contributed by atoms with Crippen molar-refractivity contribution in [3.63, 3.8) is 0 Å². The van der Waals surface area contributed by atoms with E-state index in [1.54, 1.807) is 24.1 Å². The number of carbonyl (C=O) groups is 2. The molecule has 1 aromatic heterocycles. The first kappa shape index (κ1) is 18.3. The number of nitrogens with one attached hydrogen (secondary N) is 1. The van der Waals surface area contributed by atoms with Crippen molar-refractivity contribution >= 4 is 11.9 Å². The van der Waals surface area contributed by atoms with Crippen LogP contribution in [-0.2, 0) is 23.1 Å². The fourth-order valence-electron chi connectivity index (χ4n) is 1.39. The Balaban J connectivity index is 0.000000885. The number of imidazole rings is 1. The molecular formula is C10H17N5O6. The standard InChI is InChI=1S/C10H16N4O3.HNO3/c1-14-6-12-5-7(14)4-8(10(16)17)13-9(15)2-3-11;2-1(3)4/h5-6,8H,2-4,11H2,1H3,(H,13,15)(H,16,17);(H,2,3,4). The Labute approximate surface area is 119 Å². The zero-order chi connectivity index (χ0) is 16.4. The molecule has 0 aromatic carbocycles. The second kappa shape index (κ2) is 9.25. The Bertz CT molecular complexity index is 484. The van der Waals surface area contributed by atoms with Gasteiger partial charge in [0.2, 0.25) is 5.91 Å². The number of carboxylic acid groups (broad SMARTS) is 1. The zero-order valence-corrected chi connectivity index (χ0v) is 11.3. The van der Waals surface area contributed by atoms with Crippen LogP contribution in [0.2, 0.25) is 0 Å². The van der Waals surface area contributed by atoms with Crippen LogP contribution in [0.3, 0.4) is 0 Å². The number of carbonyl (C=O) groups excluding carboxylic acids is 1. The monoisotopic (exact) mass is 303 g/mol. The Morgan fingerprint density at radius 1 is 1.62 bits per heavy atom. The number of hydrogen-bond donors (Lipinski definition) is 4. The first-order valence-corrected chi connectivity index (χ1v) is 5.78. The van der Waals surface area contributed by atoms with Gasteiger partial charge in [-0.2, -0.15) is 0 Å². The summed E-state index contributed by atoms with van der Waals surface area (Å²) in [6.45, 7) is 0.198. The molecule has 0 aliphatic heterocycles. The van der Waals surface area contributed by atoms with Crippen LogP contribution in [0.15, 0.2) is 12.5 Å². The van der Waals surface area contributed by atoms with Gasteiger partial charge in [0.15, 0.2) is 0 Å². The Kier molecular flexibility index (Phi) is 8.07. The van der Waals surface area contributed by atoms with E-state index in [2.05, 4.69) is 10.3 Å². The van der Waals surface area contributed by atoms with Crippen molar-refractivity contribution in [1.29, 1.82) is 0 Å². The molecule has 1 atom stereocenters. The lowest BCUT2D eigenvalue weighted by atomic mass is 10.1. The van der Waals surface area contributed by atoms with E-state index in [4.69, 9.17) is 26.2 Å². The highest BCUT2D eigenvalue weighted by molar-refractivity contribution is 5.83. The minimum atomic E-state index is -1.50. The van der Waals surface area contributed by atoms with Gasteiger partial charge >= 0.3 is 5.97 Å². The SMILES string of the molecule is Cn1cncc1CC(NC(=O)CCN)C(=O)O.O=[N+]([O-])O. The highest BCUT2D eigenvalue weighted by Crippen LogP contribution is 2.02. The van der Waals surface area contributed by atoms with E-state index < -0.39 is 17.1 Å². The normalized spacial score (nSPS) is 11.0. The van der Waals surface area contributed by atoms with Crippen LogP contribution in [0.1, 0.15) is 12.1 Å². The number of carboxylic acids is 1. The maximum absolute atomic E-state index is 11.3. The molecule has 5 N–H and O–H groups in total. The van der Waals surface area contributed by atoms with E-state index in [9.17, 15) is 9.59 Å². The summed E-state index contributed by atoms with van der Waals surface area (Å²) in [4.78, 5) is 34.5. The third-order valence-corrected chi connectivity index (χ3v) is 2.33. The minimum Gasteiger partial charge on any atom is -0.480 e. The summed E-state index contributed by atoms with van der Waals surface area (Å²) in [5, 5.41) is 25.1. The summed E-state index contributed by atoms with van der Waals surface area (Å²) in [5.74, 6) is -1.43. The number of amides is 1. The molecule has 0 saturated carbocycles. The van der Waals surface area contributed by atoms with Gasteiger partial charge in [0.05, 0.1) is 6.33 Å². The van der Waals surface area contributed by atoms with Crippen LogP contribution in [0.5, 0.6) is 0 Å². The lowest BCUT2D eigenvalue weighted by molar-refractivity contribution is -0.742. The molecule has 0 radical (unpaired) electrons. The van der Waals surface area contributed by atoms with Crippen LogP contribution in [0, 0.1) is 10.1 Å². The van der Waals surface area contributed by atoms with Crippen LogP contribution in [-0.4, -0.2) is 49.4 Å². The molecule has 118 valence electrons. The van der Waals surface area contributed by atoms with Gasteiger partial charge < -0.3 is 25.9 Å². The fraction of sp³-hybridized carbons (Fsp3) is 0.500. The molecule has 11 nitrogen and oxygen atoms in total. The van der Waals surface area contributed by atoms with E-state index in [0.717, 1.165) is 5.69 Å². The van der Waals surface area contributed by atoms with E-state index in [1.807, 2.05) is 0 Å². The van der Waals surface area contributed by atoms with E-state index in [-0.39, 0.29) is 25.3 Å². The number of nitrogens with zero attached hydrogens (tertiary/aromatic N) is 3. The fourth-order valence-corrected chi connectivity index (χ4v) is 1.39. The maximum Gasteiger partial charge on any atom is 0.326 e. The molecular weight excluding hydrogens is 286 g/mol. The molecule has 0 bridgehead atoms. The molecule has 0 aliphatic carbocycles. The van der Waals surface area contributed by atoms with E-state index in [1.165, 1.54) is 0 Å². The van der Waals surface area contributed by atoms with Gasteiger partial charge in [0.1, 0.15) is 6.04 Å². The molecule has 1 rings (SSSR count). The first-order valence-electron chi connectivity index (χ1n) is 5.78. The molecule has 21 heavy (non-hydrogen) atoms. The molecule has 1 aromatic rings. The summed E-state index contributed by atoms with van der Waals surface area (Å²) in [6, 6.07) is -0.954. The highest BCUT2D eigenvalue weighted by Gasteiger charge is 2.21. The van der Waals surface area contributed by atoms with Crippen LogP contribution < -0.4 is 11.1 Å². The van der Waals surface area contributed by atoms with Gasteiger partial charge in [0.25, 0.3) is 5.09 Å². The van der Waals surface area contributed by atoms with Gasteiger partial charge in [-0.15, -0.1) is 10.1 Å². The van der Waals surface area contributed by atoms with Gasteiger partial charge in [-0.3, -0.25) is 4.79 Å². The molecule has 0 spiro atoms. The summed E-state index contributed by atoms with van der Waals surface area (Å²) >= 11 is 0. The molecule has 11 heteroatoms. The molecule has 0 aliphatic rings. The maximum atomic E-state index is 11.3. The Morgan fingerprint density at radius 3 is 2.57 bits per heavy atom. The first-order chi connectivity index (χ1) is 9.77. The van der Waals surface area contributed by atoms with Crippen molar-refractivity contribution in [1.82, 2.24) is 14.9 Å². The van der Waals surface area contributed by atoms with Crippen molar-refractivity contribution in [2.24, 2.45) is 12.8 Å². The zero-order valence-electron chi connectivity index (χ0n) is 11.3. The van der Waals surface area contributed by atoms with E-state index >= 15 is 0 Å². The summed E-state index contributed by atoms with van der Waals surface area (Å²) in [7, 11) is 1.77. The van der Waals surface area contributed by atoms with Crippen molar-refractivity contribution in [3.8, 4) is 0 Å². The molecule has 0 saturated heterocycles. The number of rotatable bonds is 6. The van der Waals surface area contributed by atoms with Crippen molar-refractivity contribution in [3.05, 3.63) is 28.3 Å². The van der Waals surface area contributed by atoms with E-state index in [0.29, 0.717) is 0 Å². The Morgan fingerprint density at radius 2 is 2.19 bits per heavy atom. The molecule has 1 amide bonds. The topological polar surface area (TPSA) is 174 Å². The van der Waals surface area contributed by atoms with Gasteiger partial charge in [0, 0.05) is 38.3 Å². The summed E-state index contributed by atoms with van der Waals surface area (Å²) < 4.78 is 1.71. The third-order valence-electron chi connectivity index (χ3n) is 2.33. The smallest absolute Gasteiger partial charge is 0.326 e. The minimum absolute atomic E-state index is 0.120. The molecule has 1 unspecified atom stereocenters. The van der Waals surface area contributed by atoms with Gasteiger partial charge in [-0.25, -0.2) is 9.78 Å². The number of aromatic nitrogens is 2. The molecule has 1 heterocycles. The highest BCUT2D eigenvalue weighted by atomic mass is 16.9. The summed E-state index contributed by atoms with van der Waals surface area (Å²) in [6.07, 6.45) is 3.47. The second-order valence-corrected chi connectivity index (χ2v) is 3.93. The number of nitrogens with two attached hydrogens (primary N) is 1. The van der Waals surface area contributed by atoms with Crippen molar-refractivity contribution in [2.75, 3.05) is 6.54 Å². The van der Waals surface area contributed by atoms with Gasteiger partial charge in [-0.1, -0.05) is 0 Å². The van der Waals surface area contributed by atoms with Crippen molar-refractivity contribution in [2.45, 2.75) is 18.9 Å². The largest absolute Gasteiger partial charge is 0.480 e. The number of hydrogen-bond acceptors (Lipinski definition) is 6. The van der Waals surface area contributed by atoms with Crippen LogP contribution >= 0.6 is 0 Å². The average molecular weight is 303 g/mol. The predicted molar refractivity (Wildman–Crippen MR) is 68.9 cm³/mol. The summed E-state index contributed by atoms with van der Waals surface area (Å²) in [5.41, 5.74) is 5.96. The van der Waals surface area contributed by atoms with Crippen LogP contribution in [0.4, 0.5) is 0 Å². The molecule has 0 fully saturated rings. The Hall–Kier alpha value is -2.69. The van der Waals surface area contributed by atoms with Crippen molar-refractivity contribution < 1.29 is 25.0 Å². The van der Waals surface area contributed by atoms with Gasteiger partial charge in [-0.05, 0) is 0 Å². The average Bonchev–Trinajstić information content (AvgIpc) is 2.73. The number of aryl methyl sites for hydroxylation is 1. The lowest BCUT2D eigenvalue weighted by Gasteiger charge is -2.14. The van der Waals surface area contributed by atoms with Crippen LogP contribution in [0.25, 0.3) is 0 Å².